The number of benzene rings is 2. The second-order valence-corrected chi connectivity index (χ2v) is 12.0. The van der Waals surface area contributed by atoms with Gasteiger partial charge in [0.25, 0.3) is 5.91 Å². The van der Waals surface area contributed by atoms with Crippen LogP contribution in [-0.4, -0.2) is 79.7 Å². The fourth-order valence-electron chi connectivity index (χ4n) is 5.89. The minimum Gasteiger partial charge on any atom is -0.497 e. The van der Waals surface area contributed by atoms with E-state index >= 15 is 0 Å². The van der Waals surface area contributed by atoms with Crippen LogP contribution in [0.2, 0.25) is 0 Å². The molecule has 2 heterocycles. The van der Waals surface area contributed by atoms with Gasteiger partial charge >= 0.3 is 6.09 Å². The van der Waals surface area contributed by atoms with E-state index in [9.17, 15) is 9.59 Å². The zero-order chi connectivity index (χ0) is 31.8. The molecule has 44 heavy (non-hydrogen) atoms. The lowest BCUT2D eigenvalue weighted by atomic mass is 9.98. The highest BCUT2D eigenvalue weighted by Gasteiger charge is 2.28. The highest BCUT2D eigenvalue weighted by molar-refractivity contribution is 5.97. The third kappa shape index (κ3) is 8.29. The van der Waals surface area contributed by atoms with Gasteiger partial charge in [-0.2, -0.15) is 0 Å². The van der Waals surface area contributed by atoms with Crippen LogP contribution in [0.3, 0.4) is 0 Å². The lowest BCUT2D eigenvalue weighted by Crippen LogP contribution is -2.48. The molecular formula is C35H47N5O4. The zero-order valence-electron chi connectivity index (χ0n) is 27.2. The van der Waals surface area contributed by atoms with Gasteiger partial charge in [-0.05, 0) is 112 Å². The molecule has 0 spiro atoms. The smallest absolute Gasteiger partial charge is 0.414 e. The molecule has 0 saturated carbocycles. The Labute approximate surface area is 262 Å². The normalized spacial score (nSPS) is 14.5. The highest BCUT2D eigenvalue weighted by atomic mass is 16.6. The third-order valence-electron chi connectivity index (χ3n) is 8.61. The monoisotopic (exact) mass is 601 g/mol. The van der Waals surface area contributed by atoms with Crippen molar-refractivity contribution in [2.75, 3.05) is 45.7 Å². The number of carbonyl (C=O) groups excluding carboxylic acids is 2. The maximum absolute atomic E-state index is 13.1. The number of nitrogens with zero attached hydrogens (tertiary/aromatic N) is 4. The van der Waals surface area contributed by atoms with Gasteiger partial charge in [-0.15, -0.1) is 0 Å². The number of pyridine rings is 1. The molecule has 1 atom stereocenters. The first-order valence-corrected chi connectivity index (χ1v) is 15.4. The summed E-state index contributed by atoms with van der Waals surface area (Å²) >= 11 is 0. The lowest BCUT2D eigenvalue weighted by molar-refractivity contribution is 0.0944. The number of carbonyl (C=O) groups is 2. The average molecular weight is 602 g/mol. The van der Waals surface area contributed by atoms with Crippen LogP contribution in [0.4, 0.5) is 10.5 Å². The van der Waals surface area contributed by atoms with Gasteiger partial charge in [0.05, 0.1) is 7.11 Å². The second-order valence-electron chi connectivity index (χ2n) is 12.0. The number of nitrogens with one attached hydrogen (secondary N) is 1. The number of hydrogen-bond acceptors (Lipinski definition) is 7. The molecule has 2 amide bonds. The summed E-state index contributed by atoms with van der Waals surface area (Å²) in [4.78, 5) is 35.8. The van der Waals surface area contributed by atoms with Gasteiger partial charge in [-0.25, -0.2) is 4.79 Å². The molecule has 1 aliphatic rings. The number of rotatable bonds is 11. The Morgan fingerprint density at radius 2 is 1.66 bits per heavy atom. The number of hydrogen-bond donors (Lipinski definition) is 1. The molecular weight excluding hydrogens is 554 g/mol. The lowest BCUT2D eigenvalue weighted by Gasteiger charge is -2.42. The summed E-state index contributed by atoms with van der Waals surface area (Å²) in [5.41, 5.74) is 5.87. The SMILES string of the molecule is COc1ccc(N(Cc2cnccc2C)C2CCN(C(C)CCNC(=O)c3c(C)cc(OC(=O)N(C)C)cc3C)CC2)cc1. The number of aromatic nitrogens is 1. The summed E-state index contributed by atoms with van der Waals surface area (Å²) in [6.07, 6.45) is 6.37. The predicted octanol–water partition coefficient (Wildman–Crippen LogP) is 5.76. The number of aryl methyl sites for hydroxylation is 3. The molecule has 2 aromatic carbocycles. The van der Waals surface area contributed by atoms with Crippen LogP contribution in [-0.2, 0) is 6.54 Å². The van der Waals surface area contributed by atoms with Crippen molar-refractivity contribution < 1.29 is 19.1 Å². The molecule has 4 rings (SSSR count). The summed E-state index contributed by atoms with van der Waals surface area (Å²) in [6.45, 7) is 11.5. The van der Waals surface area contributed by atoms with E-state index in [0.29, 0.717) is 29.9 Å². The first kappa shape index (κ1) is 32.8. The minimum atomic E-state index is -0.448. The Kier molecular flexibility index (Phi) is 11.2. The Bertz CT molecular complexity index is 1390. The Morgan fingerprint density at radius 3 is 2.25 bits per heavy atom. The molecule has 1 saturated heterocycles. The number of likely N-dealkylation sites (tertiary alicyclic amines) is 1. The van der Waals surface area contributed by atoms with Crippen LogP contribution in [0, 0.1) is 20.8 Å². The fourth-order valence-corrected chi connectivity index (χ4v) is 5.89. The van der Waals surface area contributed by atoms with Gasteiger partial charge in [0.1, 0.15) is 11.5 Å². The molecule has 9 heteroatoms. The summed E-state index contributed by atoms with van der Waals surface area (Å²) < 4.78 is 10.8. The highest BCUT2D eigenvalue weighted by Crippen LogP contribution is 2.29. The van der Waals surface area contributed by atoms with Crippen LogP contribution in [0.25, 0.3) is 0 Å². The van der Waals surface area contributed by atoms with E-state index in [2.05, 4.69) is 52.1 Å². The average Bonchev–Trinajstić information content (AvgIpc) is 3.00. The molecule has 0 radical (unpaired) electrons. The molecule has 1 aromatic heterocycles. The molecule has 1 N–H and O–H groups in total. The van der Waals surface area contributed by atoms with Crippen molar-refractivity contribution in [2.45, 2.75) is 65.6 Å². The standard InChI is InChI=1S/C35H47N5O4/c1-24-12-16-36-22-28(24)23-40(29-8-10-31(43-7)11-9-29)30-14-18-39(19-15-30)27(4)13-17-37-34(41)33-25(2)20-32(21-26(33)3)44-35(42)38(5)6/h8-12,16,20-22,27,30H,13-15,17-19,23H2,1-7H3,(H,37,41). The van der Waals surface area contributed by atoms with Crippen molar-refractivity contribution in [3.8, 4) is 11.5 Å². The summed E-state index contributed by atoms with van der Waals surface area (Å²) in [5, 5.41) is 3.11. The van der Waals surface area contributed by atoms with Gasteiger partial charge < -0.3 is 29.5 Å². The predicted molar refractivity (Wildman–Crippen MR) is 175 cm³/mol. The maximum atomic E-state index is 13.1. The number of ether oxygens (including phenoxy) is 2. The second kappa shape index (κ2) is 15.1. The molecule has 0 aliphatic carbocycles. The van der Waals surface area contributed by atoms with E-state index in [4.69, 9.17) is 9.47 Å². The number of piperidine rings is 1. The van der Waals surface area contributed by atoms with Crippen LogP contribution in [0.5, 0.6) is 11.5 Å². The van der Waals surface area contributed by atoms with Crippen molar-refractivity contribution in [1.29, 1.82) is 0 Å². The molecule has 236 valence electrons. The molecule has 1 aliphatic heterocycles. The van der Waals surface area contributed by atoms with E-state index in [1.165, 1.54) is 21.7 Å². The van der Waals surface area contributed by atoms with E-state index in [1.54, 1.807) is 33.3 Å². The minimum absolute atomic E-state index is 0.0998. The Balaban J connectivity index is 1.32. The van der Waals surface area contributed by atoms with Crippen molar-refractivity contribution in [3.05, 3.63) is 82.7 Å². The van der Waals surface area contributed by atoms with Crippen LogP contribution < -0.4 is 19.7 Å². The molecule has 9 nitrogen and oxygen atoms in total. The quantitative estimate of drug-likeness (QED) is 0.299. The van der Waals surface area contributed by atoms with Crippen LogP contribution in [0.1, 0.15) is 58.8 Å². The zero-order valence-corrected chi connectivity index (χ0v) is 27.2. The topological polar surface area (TPSA) is 87.2 Å². The van der Waals surface area contributed by atoms with E-state index in [-0.39, 0.29) is 5.91 Å². The van der Waals surface area contributed by atoms with E-state index in [0.717, 1.165) is 55.8 Å². The molecule has 1 unspecified atom stereocenters. The first-order chi connectivity index (χ1) is 21.1. The van der Waals surface area contributed by atoms with E-state index < -0.39 is 6.09 Å². The summed E-state index contributed by atoms with van der Waals surface area (Å²) in [5.74, 6) is 1.19. The van der Waals surface area contributed by atoms with Crippen molar-refractivity contribution in [1.82, 2.24) is 20.1 Å². The van der Waals surface area contributed by atoms with Crippen molar-refractivity contribution in [3.63, 3.8) is 0 Å². The van der Waals surface area contributed by atoms with Gasteiger partial charge in [-0.3, -0.25) is 9.78 Å². The summed E-state index contributed by atoms with van der Waals surface area (Å²) in [6, 6.07) is 14.7. The molecule has 1 fully saturated rings. The van der Waals surface area contributed by atoms with Gasteiger partial charge in [0.15, 0.2) is 0 Å². The third-order valence-corrected chi connectivity index (χ3v) is 8.61. The molecule has 0 bridgehead atoms. The van der Waals surface area contributed by atoms with E-state index in [1.807, 2.05) is 38.4 Å². The fraction of sp³-hybridized carbons (Fsp3) is 0.457. The van der Waals surface area contributed by atoms with Crippen molar-refractivity contribution in [2.24, 2.45) is 0 Å². The largest absolute Gasteiger partial charge is 0.497 e. The van der Waals surface area contributed by atoms with Gasteiger partial charge in [0.2, 0.25) is 0 Å². The van der Waals surface area contributed by atoms with Crippen LogP contribution in [0.15, 0.2) is 54.9 Å². The van der Waals surface area contributed by atoms with Gasteiger partial charge in [-0.1, -0.05) is 0 Å². The Hall–Kier alpha value is -4.11. The number of amides is 2. The van der Waals surface area contributed by atoms with Crippen LogP contribution >= 0.6 is 0 Å². The first-order valence-electron chi connectivity index (χ1n) is 15.4. The molecule has 3 aromatic rings. The van der Waals surface area contributed by atoms with Gasteiger partial charge in [0, 0.05) is 76.0 Å². The summed E-state index contributed by atoms with van der Waals surface area (Å²) in [7, 11) is 4.96. The number of anilines is 1. The number of methoxy groups -OCH3 is 1. The maximum Gasteiger partial charge on any atom is 0.414 e. The van der Waals surface area contributed by atoms with Crippen molar-refractivity contribution >= 4 is 17.7 Å². The Morgan fingerprint density at radius 1 is 1.00 bits per heavy atom.